The Hall–Kier alpha value is -1.75. The van der Waals surface area contributed by atoms with E-state index in [2.05, 4.69) is 10.5 Å². The number of amides is 1. The van der Waals surface area contributed by atoms with Gasteiger partial charge in [-0.2, -0.15) is 5.10 Å². The summed E-state index contributed by atoms with van der Waals surface area (Å²) in [4.78, 5) is 11.9. The van der Waals surface area contributed by atoms with Crippen LogP contribution in [-0.2, 0) is 4.79 Å². The Bertz CT molecular complexity index is 749. The number of benzene rings is 2. The third kappa shape index (κ3) is 5.13. The molecule has 4 nitrogen and oxygen atoms in total. The van der Waals surface area contributed by atoms with Gasteiger partial charge in [0.1, 0.15) is 5.75 Å². The average molecular weight is 386 g/mol. The molecule has 2 aromatic carbocycles. The Morgan fingerprint density at radius 3 is 2.42 bits per heavy atom. The maximum Gasteiger partial charge on any atom is 0.277 e. The molecule has 1 amide bonds. The largest absolute Gasteiger partial charge is 0.482 e. The van der Waals surface area contributed by atoms with E-state index < -0.39 is 5.91 Å². The lowest BCUT2D eigenvalue weighted by Gasteiger charge is -2.09. The first-order chi connectivity index (χ1) is 11.5. The zero-order valence-corrected chi connectivity index (χ0v) is 15.1. The smallest absolute Gasteiger partial charge is 0.277 e. The molecule has 7 heteroatoms. The minimum atomic E-state index is -0.404. The van der Waals surface area contributed by atoms with Gasteiger partial charge >= 0.3 is 0 Å². The van der Waals surface area contributed by atoms with Gasteiger partial charge in [0.25, 0.3) is 5.91 Å². The molecular formula is C17H15Cl3N2O2. The summed E-state index contributed by atoms with van der Waals surface area (Å²) in [6.45, 7) is 1.72. The fraction of sp³-hybridized carbons (Fsp3) is 0.176. The van der Waals surface area contributed by atoms with Crippen molar-refractivity contribution in [3.05, 3.63) is 63.1 Å². The summed E-state index contributed by atoms with van der Waals surface area (Å²) in [5.74, 6) is -0.122. The number of rotatable bonds is 6. The predicted molar refractivity (Wildman–Crippen MR) is 98.4 cm³/mol. The van der Waals surface area contributed by atoms with Crippen LogP contribution in [-0.4, -0.2) is 18.2 Å². The summed E-state index contributed by atoms with van der Waals surface area (Å²) in [7, 11) is 0. The summed E-state index contributed by atoms with van der Waals surface area (Å²) in [6, 6.07) is 12.5. The number of hydrogen-bond donors (Lipinski definition) is 1. The van der Waals surface area contributed by atoms with Crippen LogP contribution in [0, 0.1) is 0 Å². The van der Waals surface area contributed by atoms with Crippen LogP contribution in [0.3, 0.4) is 0 Å². The van der Waals surface area contributed by atoms with Gasteiger partial charge in [-0.3, -0.25) is 4.79 Å². The highest BCUT2D eigenvalue weighted by molar-refractivity contribution is 6.43. The summed E-state index contributed by atoms with van der Waals surface area (Å²) >= 11 is 17.7. The van der Waals surface area contributed by atoms with Crippen molar-refractivity contribution in [2.45, 2.75) is 13.3 Å². The Balaban J connectivity index is 1.96. The molecular weight excluding hydrogens is 371 g/mol. The lowest BCUT2D eigenvalue weighted by Crippen LogP contribution is -2.26. The molecule has 0 saturated carbocycles. The van der Waals surface area contributed by atoms with Crippen LogP contribution in [0.5, 0.6) is 5.75 Å². The molecule has 126 valence electrons. The first-order valence-electron chi connectivity index (χ1n) is 7.19. The minimum absolute atomic E-state index is 0.243. The van der Waals surface area contributed by atoms with E-state index in [0.29, 0.717) is 16.5 Å². The Morgan fingerprint density at radius 1 is 1.08 bits per heavy atom. The summed E-state index contributed by atoms with van der Waals surface area (Å²) in [5.41, 5.74) is 4.20. The van der Waals surface area contributed by atoms with E-state index in [4.69, 9.17) is 39.5 Å². The standard InChI is InChI=1S/C17H15Cl3N2O2/c1-2-15(11-6-4-3-5-7-11)21-22-17(23)10-24-16-9-13(19)12(18)8-14(16)20/h3-9H,2,10H2,1H3,(H,22,23). The van der Waals surface area contributed by atoms with Crippen LogP contribution in [0.15, 0.2) is 47.6 Å². The minimum Gasteiger partial charge on any atom is -0.482 e. The normalized spacial score (nSPS) is 11.2. The van der Waals surface area contributed by atoms with Gasteiger partial charge in [0, 0.05) is 6.07 Å². The Kier molecular flexibility index (Phi) is 6.91. The van der Waals surface area contributed by atoms with E-state index in [1.54, 1.807) is 0 Å². The molecule has 0 aliphatic rings. The molecule has 24 heavy (non-hydrogen) atoms. The number of ether oxygens (including phenoxy) is 1. The molecule has 2 aromatic rings. The monoisotopic (exact) mass is 384 g/mol. The summed E-state index contributed by atoms with van der Waals surface area (Å²) in [5, 5.41) is 5.03. The first-order valence-corrected chi connectivity index (χ1v) is 8.32. The topological polar surface area (TPSA) is 50.7 Å². The van der Waals surface area contributed by atoms with Crippen molar-refractivity contribution in [1.29, 1.82) is 0 Å². The van der Waals surface area contributed by atoms with Crippen molar-refractivity contribution in [2.24, 2.45) is 5.10 Å². The highest BCUT2D eigenvalue weighted by atomic mass is 35.5. The van der Waals surface area contributed by atoms with E-state index >= 15 is 0 Å². The van der Waals surface area contributed by atoms with Crippen LogP contribution in [0.1, 0.15) is 18.9 Å². The fourth-order valence-electron chi connectivity index (χ4n) is 1.90. The van der Waals surface area contributed by atoms with Crippen molar-refractivity contribution >= 4 is 46.4 Å². The van der Waals surface area contributed by atoms with Crippen LogP contribution >= 0.6 is 34.8 Å². The highest BCUT2D eigenvalue weighted by Gasteiger charge is 2.09. The Labute approximate surface area is 155 Å². The summed E-state index contributed by atoms with van der Waals surface area (Å²) < 4.78 is 5.35. The van der Waals surface area contributed by atoms with E-state index in [-0.39, 0.29) is 17.4 Å². The second-order valence-corrected chi connectivity index (χ2v) is 6.02. The number of nitrogens with zero attached hydrogens (tertiary/aromatic N) is 1. The highest BCUT2D eigenvalue weighted by Crippen LogP contribution is 2.33. The molecule has 0 aliphatic heterocycles. The lowest BCUT2D eigenvalue weighted by atomic mass is 10.1. The first kappa shape index (κ1) is 18.6. The fourth-order valence-corrected chi connectivity index (χ4v) is 2.49. The molecule has 0 fully saturated rings. The van der Waals surface area contributed by atoms with Gasteiger partial charge in [0.05, 0.1) is 20.8 Å². The SMILES string of the molecule is CCC(=NNC(=O)COc1cc(Cl)c(Cl)cc1Cl)c1ccccc1. The summed E-state index contributed by atoms with van der Waals surface area (Å²) in [6.07, 6.45) is 0.684. The molecule has 0 saturated heterocycles. The second-order valence-electron chi connectivity index (χ2n) is 4.80. The predicted octanol–water partition coefficient (Wildman–Crippen LogP) is 4.96. The third-order valence-corrected chi connectivity index (χ3v) is 4.11. The van der Waals surface area contributed by atoms with E-state index in [9.17, 15) is 4.79 Å². The molecule has 0 spiro atoms. The number of hydrogen-bond acceptors (Lipinski definition) is 3. The van der Waals surface area contributed by atoms with Gasteiger partial charge in [-0.15, -0.1) is 0 Å². The lowest BCUT2D eigenvalue weighted by molar-refractivity contribution is -0.123. The maximum absolute atomic E-state index is 11.9. The Morgan fingerprint density at radius 2 is 1.75 bits per heavy atom. The molecule has 0 radical (unpaired) electrons. The van der Waals surface area contributed by atoms with Gasteiger partial charge in [-0.25, -0.2) is 5.43 Å². The number of carbonyl (C=O) groups is 1. The number of hydrazone groups is 1. The zero-order valence-electron chi connectivity index (χ0n) is 12.9. The van der Waals surface area contributed by atoms with Crippen LogP contribution in [0.25, 0.3) is 0 Å². The van der Waals surface area contributed by atoms with Gasteiger partial charge in [0.2, 0.25) is 0 Å². The quantitative estimate of drug-likeness (QED) is 0.434. The van der Waals surface area contributed by atoms with Gasteiger partial charge in [0.15, 0.2) is 6.61 Å². The molecule has 0 aromatic heterocycles. The van der Waals surface area contributed by atoms with Gasteiger partial charge < -0.3 is 4.74 Å². The molecule has 0 aliphatic carbocycles. The molecule has 0 heterocycles. The average Bonchev–Trinajstić information content (AvgIpc) is 2.58. The number of carbonyl (C=O) groups excluding carboxylic acids is 1. The van der Waals surface area contributed by atoms with E-state index in [1.807, 2.05) is 37.3 Å². The molecule has 0 bridgehead atoms. The van der Waals surface area contributed by atoms with Gasteiger partial charge in [-0.1, -0.05) is 72.1 Å². The van der Waals surface area contributed by atoms with Crippen molar-refractivity contribution < 1.29 is 9.53 Å². The van der Waals surface area contributed by atoms with Crippen molar-refractivity contribution in [3.8, 4) is 5.75 Å². The van der Waals surface area contributed by atoms with Crippen LogP contribution in [0.2, 0.25) is 15.1 Å². The zero-order chi connectivity index (χ0) is 17.5. The van der Waals surface area contributed by atoms with Crippen molar-refractivity contribution in [1.82, 2.24) is 5.43 Å². The van der Waals surface area contributed by atoms with Crippen molar-refractivity contribution in [3.63, 3.8) is 0 Å². The number of nitrogens with one attached hydrogen (secondary N) is 1. The molecule has 1 N–H and O–H groups in total. The van der Waals surface area contributed by atoms with Crippen LogP contribution < -0.4 is 10.2 Å². The molecule has 0 atom stereocenters. The van der Waals surface area contributed by atoms with E-state index in [1.165, 1.54) is 12.1 Å². The molecule has 2 rings (SSSR count). The van der Waals surface area contributed by atoms with Crippen molar-refractivity contribution in [2.75, 3.05) is 6.61 Å². The number of halogens is 3. The van der Waals surface area contributed by atoms with Crippen LogP contribution in [0.4, 0.5) is 0 Å². The van der Waals surface area contributed by atoms with Gasteiger partial charge in [-0.05, 0) is 18.1 Å². The molecule has 0 unspecified atom stereocenters. The third-order valence-electron chi connectivity index (χ3n) is 3.09. The maximum atomic E-state index is 11.9. The van der Waals surface area contributed by atoms with E-state index in [0.717, 1.165) is 11.3 Å². The second kappa shape index (κ2) is 8.92.